The molecule has 33 heavy (non-hydrogen) atoms. The summed E-state index contributed by atoms with van der Waals surface area (Å²) >= 11 is 1.52. The molecule has 2 amide bonds. The number of fused-ring (bicyclic) bond motifs is 1. The second-order valence-electron chi connectivity index (χ2n) is 7.91. The summed E-state index contributed by atoms with van der Waals surface area (Å²) in [6.45, 7) is 5.22. The molecule has 4 aromatic rings. The van der Waals surface area contributed by atoms with Crippen LogP contribution in [-0.2, 0) is 11.3 Å². The number of rotatable bonds is 8. The van der Waals surface area contributed by atoms with Crippen LogP contribution in [0.15, 0.2) is 83.9 Å². The summed E-state index contributed by atoms with van der Waals surface area (Å²) < 4.78 is 2.13. The van der Waals surface area contributed by atoms with E-state index in [4.69, 9.17) is 0 Å². The van der Waals surface area contributed by atoms with Gasteiger partial charge in [0.2, 0.25) is 5.91 Å². The van der Waals surface area contributed by atoms with Crippen molar-refractivity contribution in [2.75, 3.05) is 17.6 Å². The van der Waals surface area contributed by atoms with Crippen LogP contribution in [0.4, 0.5) is 5.69 Å². The first kappa shape index (κ1) is 22.7. The summed E-state index contributed by atoms with van der Waals surface area (Å²) in [6, 6.07) is 23.3. The highest BCUT2D eigenvalue weighted by atomic mass is 32.2. The zero-order chi connectivity index (χ0) is 23.2. The van der Waals surface area contributed by atoms with Crippen molar-refractivity contribution in [2.24, 2.45) is 0 Å². The van der Waals surface area contributed by atoms with Gasteiger partial charge < -0.3 is 15.2 Å². The maximum atomic E-state index is 12.6. The lowest BCUT2D eigenvalue weighted by Crippen LogP contribution is -2.26. The molecule has 4 rings (SSSR count). The first-order valence-electron chi connectivity index (χ1n) is 10.9. The van der Waals surface area contributed by atoms with Gasteiger partial charge in [0.05, 0.1) is 5.75 Å². The molecule has 0 fully saturated rings. The van der Waals surface area contributed by atoms with Crippen LogP contribution in [0, 0.1) is 13.8 Å². The molecule has 0 aliphatic carbocycles. The lowest BCUT2D eigenvalue weighted by Gasteiger charge is -2.10. The van der Waals surface area contributed by atoms with Crippen molar-refractivity contribution in [3.05, 3.63) is 95.7 Å². The number of aryl methyl sites for hydroxylation is 1. The van der Waals surface area contributed by atoms with Crippen molar-refractivity contribution < 1.29 is 9.59 Å². The summed E-state index contributed by atoms with van der Waals surface area (Å²) in [5.74, 6) is 0.219. The molecule has 3 aromatic carbocycles. The minimum Gasteiger partial charge on any atom is -0.350 e. The van der Waals surface area contributed by atoms with E-state index in [1.165, 1.54) is 11.8 Å². The molecule has 0 unspecified atom stereocenters. The van der Waals surface area contributed by atoms with Gasteiger partial charge in [0.15, 0.2) is 0 Å². The number of hydrogen-bond acceptors (Lipinski definition) is 3. The van der Waals surface area contributed by atoms with E-state index in [1.807, 2.05) is 62.4 Å². The quantitative estimate of drug-likeness (QED) is 0.347. The second kappa shape index (κ2) is 10.4. The van der Waals surface area contributed by atoms with E-state index < -0.39 is 0 Å². The summed E-state index contributed by atoms with van der Waals surface area (Å²) in [5, 5.41) is 7.11. The monoisotopic (exact) mass is 457 g/mol. The van der Waals surface area contributed by atoms with Gasteiger partial charge in [-0.25, -0.2) is 0 Å². The zero-order valence-electron chi connectivity index (χ0n) is 18.8. The SMILES string of the molecule is Cc1cccc(NC(=O)CSc2cn(CCNC(=O)c3ccccc3)c3ccccc23)c1C. The molecule has 5 nitrogen and oxygen atoms in total. The van der Waals surface area contributed by atoms with Crippen LogP contribution in [-0.4, -0.2) is 28.7 Å². The number of carbonyl (C=O) groups excluding carboxylic acids is 2. The maximum absolute atomic E-state index is 12.6. The largest absolute Gasteiger partial charge is 0.350 e. The number of nitrogens with zero attached hydrogens (tertiary/aromatic N) is 1. The number of aromatic nitrogens is 1. The molecule has 0 saturated heterocycles. The van der Waals surface area contributed by atoms with E-state index in [9.17, 15) is 9.59 Å². The van der Waals surface area contributed by atoms with Crippen molar-refractivity contribution in [2.45, 2.75) is 25.3 Å². The lowest BCUT2D eigenvalue weighted by molar-refractivity contribution is -0.113. The zero-order valence-corrected chi connectivity index (χ0v) is 19.6. The number of nitrogens with one attached hydrogen (secondary N) is 2. The predicted octanol–water partition coefficient (Wildman–Crippen LogP) is 5.42. The molecule has 0 spiro atoms. The number of anilines is 1. The minimum absolute atomic E-state index is 0.0272. The van der Waals surface area contributed by atoms with Crippen LogP contribution in [0.25, 0.3) is 10.9 Å². The molecule has 0 aliphatic rings. The highest BCUT2D eigenvalue weighted by molar-refractivity contribution is 8.00. The Morgan fingerprint density at radius 3 is 2.48 bits per heavy atom. The molecule has 1 heterocycles. The molecule has 168 valence electrons. The molecule has 0 aliphatic heterocycles. The van der Waals surface area contributed by atoms with E-state index in [2.05, 4.69) is 33.5 Å². The van der Waals surface area contributed by atoms with Crippen molar-refractivity contribution in [3.63, 3.8) is 0 Å². The van der Waals surface area contributed by atoms with E-state index >= 15 is 0 Å². The van der Waals surface area contributed by atoms with Crippen LogP contribution in [0.2, 0.25) is 0 Å². The van der Waals surface area contributed by atoms with Gasteiger partial charge in [-0.2, -0.15) is 0 Å². The fraction of sp³-hybridized carbons (Fsp3) is 0.185. The first-order valence-corrected chi connectivity index (χ1v) is 11.9. The highest BCUT2D eigenvalue weighted by Gasteiger charge is 2.12. The Labute approximate surface area is 198 Å². The number of amides is 2. The number of carbonyl (C=O) groups is 2. The Morgan fingerprint density at radius 1 is 0.909 bits per heavy atom. The Kier molecular flexibility index (Phi) is 7.15. The van der Waals surface area contributed by atoms with Gasteiger partial charge in [-0.15, -0.1) is 11.8 Å². The number of para-hydroxylation sites is 1. The number of benzene rings is 3. The normalized spacial score (nSPS) is 10.8. The smallest absolute Gasteiger partial charge is 0.251 e. The molecule has 0 saturated carbocycles. The summed E-state index contributed by atoms with van der Waals surface area (Å²) in [6.07, 6.45) is 2.06. The first-order chi connectivity index (χ1) is 16.0. The predicted molar refractivity (Wildman–Crippen MR) is 136 cm³/mol. The van der Waals surface area contributed by atoms with E-state index in [0.29, 0.717) is 24.4 Å². The minimum atomic E-state index is -0.0789. The Morgan fingerprint density at radius 2 is 1.67 bits per heavy atom. The average Bonchev–Trinajstić information content (AvgIpc) is 3.19. The van der Waals surface area contributed by atoms with Gasteiger partial charge in [-0.3, -0.25) is 9.59 Å². The lowest BCUT2D eigenvalue weighted by atomic mass is 10.1. The van der Waals surface area contributed by atoms with E-state index in [-0.39, 0.29) is 11.8 Å². The fourth-order valence-corrected chi connectivity index (χ4v) is 4.60. The number of hydrogen-bond donors (Lipinski definition) is 2. The highest BCUT2D eigenvalue weighted by Crippen LogP contribution is 2.30. The van der Waals surface area contributed by atoms with Crippen LogP contribution in [0.1, 0.15) is 21.5 Å². The summed E-state index contributed by atoms with van der Waals surface area (Å²) in [4.78, 5) is 25.9. The molecule has 1 aromatic heterocycles. The molecule has 2 N–H and O–H groups in total. The van der Waals surface area contributed by atoms with Crippen LogP contribution in [0.5, 0.6) is 0 Å². The molecule has 0 radical (unpaired) electrons. The van der Waals surface area contributed by atoms with Gasteiger partial charge in [0, 0.05) is 46.3 Å². The van der Waals surface area contributed by atoms with Gasteiger partial charge in [-0.05, 0) is 49.2 Å². The van der Waals surface area contributed by atoms with Crippen LogP contribution in [0.3, 0.4) is 0 Å². The Balaban J connectivity index is 1.40. The van der Waals surface area contributed by atoms with Crippen LogP contribution < -0.4 is 10.6 Å². The van der Waals surface area contributed by atoms with E-state index in [0.717, 1.165) is 32.6 Å². The molecule has 6 heteroatoms. The summed E-state index contributed by atoms with van der Waals surface area (Å²) in [7, 11) is 0. The standard InChI is InChI=1S/C27H27N3O2S/c1-19-9-8-13-23(20(19)2)29-26(31)18-33-25-17-30(24-14-7-6-12-22(24)25)16-15-28-27(32)21-10-4-3-5-11-21/h3-14,17H,15-16,18H2,1-2H3,(H,28,32)(H,29,31). The molecular formula is C27H27N3O2S. The van der Waals surface area contributed by atoms with Gasteiger partial charge in [0.25, 0.3) is 5.91 Å². The van der Waals surface area contributed by atoms with Crippen LogP contribution >= 0.6 is 11.8 Å². The van der Waals surface area contributed by atoms with Gasteiger partial charge >= 0.3 is 0 Å². The van der Waals surface area contributed by atoms with E-state index in [1.54, 1.807) is 12.1 Å². The van der Waals surface area contributed by atoms with Crippen molar-refractivity contribution in [1.82, 2.24) is 9.88 Å². The van der Waals surface area contributed by atoms with Gasteiger partial charge in [-0.1, -0.05) is 48.5 Å². The number of thioether (sulfide) groups is 1. The topological polar surface area (TPSA) is 63.1 Å². The van der Waals surface area contributed by atoms with Crippen molar-refractivity contribution >= 4 is 40.2 Å². The molecule has 0 bridgehead atoms. The molecular weight excluding hydrogens is 430 g/mol. The van der Waals surface area contributed by atoms with Gasteiger partial charge in [0.1, 0.15) is 0 Å². The molecule has 0 atom stereocenters. The Hall–Kier alpha value is -3.51. The third-order valence-electron chi connectivity index (χ3n) is 5.66. The van der Waals surface area contributed by atoms with Crippen molar-refractivity contribution in [1.29, 1.82) is 0 Å². The maximum Gasteiger partial charge on any atom is 0.251 e. The Bertz CT molecular complexity index is 1280. The third-order valence-corrected chi connectivity index (χ3v) is 6.71. The third kappa shape index (κ3) is 5.46. The second-order valence-corrected chi connectivity index (χ2v) is 8.93. The average molecular weight is 458 g/mol. The summed E-state index contributed by atoms with van der Waals surface area (Å²) in [5.41, 5.74) is 4.84. The fourth-order valence-electron chi connectivity index (χ4n) is 3.71. The van der Waals surface area contributed by atoms with Crippen molar-refractivity contribution in [3.8, 4) is 0 Å².